The molecule has 152 valence electrons. The number of carbonyl (C=O) groups is 1. The summed E-state index contributed by atoms with van der Waals surface area (Å²) in [5.74, 6) is -0.707. The van der Waals surface area contributed by atoms with Gasteiger partial charge in [-0.25, -0.2) is 8.78 Å². The van der Waals surface area contributed by atoms with E-state index in [2.05, 4.69) is 41.5 Å². The average molecular weight is 416 g/mol. The summed E-state index contributed by atoms with van der Waals surface area (Å²) in [7, 11) is 0. The van der Waals surface area contributed by atoms with E-state index in [0.29, 0.717) is 17.6 Å². The van der Waals surface area contributed by atoms with Crippen LogP contribution in [0.2, 0.25) is 0 Å². The van der Waals surface area contributed by atoms with Gasteiger partial charge in [0.1, 0.15) is 11.6 Å². The lowest BCUT2D eigenvalue weighted by Crippen LogP contribution is -2.15. The number of hydrogen-bond donors (Lipinski definition) is 1. The van der Waals surface area contributed by atoms with E-state index in [1.54, 1.807) is 0 Å². The second-order valence-corrected chi connectivity index (χ2v) is 7.73. The highest BCUT2D eigenvalue weighted by atomic mass is 32.2. The molecule has 0 radical (unpaired) electrons. The lowest BCUT2D eigenvalue weighted by atomic mass is 10.0. The monoisotopic (exact) mass is 416 g/mol. The van der Waals surface area contributed by atoms with E-state index >= 15 is 0 Å². The van der Waals surface area contributed by atoms with Crippen LogP contribution < -0.4 is 5.32 Å². The number of halogens is 2. The Labute approximate surface area is 172 Å². The van der Waals surface area contributed by atoms with Crippen LogP contribution in [0.25, 0.3) is 11.4 Å². The summed E-state index contributed by atoms with van der Waals surface area (Å²) in [5.41, 5.74) is 2.14. The lowest BCUT2D eigenvalue weighted by Gasteiger charge is -2.09. The van der Waals surface area contributed by atoms with Crippen LogP contribution in [0.4, 0.5) is 14.5 Å². The molecule has 0 spiro atoms. The van der Waals surface area contributed by atoms with Crippen LogP contribution in [0, 0.1) is 11.6 Å². The molecule has 1 aromatic heterocycles. The molecule has 0 aliphatic rings. The van der Waals surface area contributed by atoms with Gasteiger partial charge < -0.3 is 9.88 Å². The number of nitrogens with one attached hydrogen (secondary N) is 1. The highest BCUT2D eigenvalue weighted by Crippen LogP contribution is 2.26. The first-order valence-electron chi connectivity index (χ1n) is 9.30. The van der Waals surface area contributed by atoms with Gasteiger partial charge in [0.15, 0.2) is 11.0 Å². The minimum absolute atomic E-state index is 0.0290. The maximum Gasteiger partial charge on any atom is 0.234 e. The Bertz CT molecular complexity index is 1000. The predicted molar refractivity (Wildman–Crippen MR) is 111 cm³/mol. The maximum absolute atomic E-state index is 13.7. The minimum Gasteiger partial charge on any atom is -0.323 e. The lowest BCUT2D eigenvalue weighted by molar-refractivity contribution is -0.113. The van der Waals surface area contributed by atoms with Crippen LogP contribution in [0.3, 0.4) is 0 Å². The topological polar surface area (TPSA) is 59.8 Å². The summed E-state index contributed by atoms with van der Waals surface area (Å²) in [4.78, 5) is 12.2. The van der Waals surface area contributed by atoms with Crippen LogP contribution in [0.15, 0.2) is 47.6 Å². The fraction of sp³-hybridized carbons (Fsp3) is 0.286. The van der Waals surface area contributed by atoms with Crippen LogP contribution in [0.5, 0.6) is 0 Å². The van der Waals surface area contributed by atoms with E-state index in [-0.39, 0.29) is 11.4 Å². The van der Waals surface area contributed by atoms with Gasteiger partial charge in [-0.05, 0) is 30.5 Å². The van der Waals surface area contributed by atoms with Crippen molar-refractivity contribution in [3.8, 4) is 11.4 Å². The molecule has 3 aromatic rings. The third-order valence-corrected chi connectivity index (χ3v) is 5.37. The Kier molecular flexibility index (Phi) is 6.64. The molecule has 0 saturated carbocycles. The number of rotatable bonds is 7. The van der Waals surface area contributed by atoms with Crippen LogP contribution in [-0.2, 0) is 11.3 Å². The fourth-order valence-electron chi connectivity index (χ4n) is 2.82. The second-order valence-electron chi connectivity index (χ2n) is 6.79. The number of benzene rings is 2. The Morgan fingerprint density at radius 1 is 1.14 bits per heavy atom. The molecular weight excluding hydrogens is 394 g/mol. The Hall–Kier alpha value is -2.74. The zero-order valence-corrected chi connectivity index (χ0v) is 17.3. The molecule has 8 heteroatoms. The summed E-state index contributed by atoms with van der Waals surface area (Å²) < 4.78 is 28.6. The number of carbonyl (C=O) groups excluding carboxylic acids is 1. The molecule has 0 atom stereocenters. The van der Waals surface area contributed by atoms with Crippen molar-refractivity contribution in [2.75, 3.05) is 11.1 Å². The van der Waals surface area contributed by atoms with E-state index in [4.69, 9.17) is 0 Å². The molecule has 0 aliphatic carbocycles. The maximum atomic E-state index is 13.7. The van der Waals surface area contributed by atoms with Crippen LogP contribution in [0.1, 0.15) is 32.3 Å². The predicted octanol–water partition coefficient (Wildman–Crippen LogP) is 5.10. The van der Waals surface area contributed by atoms with Crippen molar-refractivity contribution in [3.63, 3.8) is 0 Å². The Morgan fingerprint density at radius 3 is 2.48 bits per heavy atom. The number of hydrogen-bond acceptors (Lipinski definition) is 4. The largest absolute Gasteiger partial charge is 0.323 e. The van der Waals surface area contributed by atoms with E-state index in [1.807, 2.05) is 23.6 Å². The Morgan fingerprint density at radius 2 is 1.86 bits per heavy atom. The van der Waals surface area contributed by atoms with E-state index in [9.17, 15) is 13.6 Å². The molecule has 0 aliphatic heterocycles. The van der Waals surface area contributed by atoms with Gasteiger partial charge in [-0.3, -0.25) is 4.79 Å². The first-order valence-corrected chi connectivity index (χ1v) is 10.3. The molecule has 1 heterocycles. The molecule has 0 saturated heterocycles. The minimum atomic E-state index is -0.813. The fourth-order valence-corrected chi connectivity index (χ4v) is 3.62. The summed E-state index contributed by atoms with van der Waals surface area (Å²) in [5, 5.41) is 11.5. The normalized spacial score (nSPS) is 11.1. The van der Waals surface area contributed by atoms with Crippen LogP contribution >= 0.6 is 11.8 Å². The number of thioether (sulfide) groups is 1. The molecule has 2 aromatic carbocycles. The van der Waals surface area contributed by atoms with Crippen molar-refractivity contribution in [2.45, 2.75) is 38.4 Å². The highest BCUT2D eigenvalue weighted by Gasteiger charge is 2.15. The van der Waals surface area contributed by atoms with Crippen molar-refractivity contribution >= 4 is 23.4 Å². The van der Waals surface area contributed by atoms with Crippen molar-refractivity contribution in [1.82, 2.24) is 14.8 Å². The smallest absolute Gasteiger partial charge is 0.234 e. The van der Waals surface area contributed by atoms with Crippen molar-refractivity contribution in [3.05, 3.63) is 59.7 Å². The van der Waals surface area contributed by atoms with Gasteiger partial charge in [-0.2, -0.15) is 0 Å². The van der Waals surface area contributed by atoms with Gasteiger partial charge in [0, 0.05) is 18.2 Å². The molecule has 5 nitrogen and oxygen atoms in total. The number of nitrogens with zero attached hydrogens (tertiary/aromatic N) is 3. The summed E-state index contributed by atoms with van der Waals surface area (Å²) >= 11 is 1.21. The zero-order chi connectivity index (χ0) is 21.0. The molecule has 1 N–H and O–H groups in total. The van der Waals surface area contributed by atoms with Gasteiger partial charge in [-0.15, -0.1) is 10.2 Å². The van der Waals surface area contributed by atoms with Crippen molar-refractivity contribution in [1.29, 1.82) is 0 Å². The quantitative estimate of drug-likeness (QED) is 0.545. The highest BCUT2D eigenvalue weighted by molar-refractivity contribution is 7.99. The molecule has 3 rings (SSSR count). The van der Waals surface area contributed by atoms with Gasteiger partial charge in [0.2, 0.25) is 5.91 Å². The number of aromatic nitrogens is 3. The van der Waals surface area contributed by atoms with Gasteiger partial charge in [0.05, 0.1) is 11.4 Å². The number of anilines is 1. The third kappa shape index (κ3) is 5.00. The van der Waals surface area contributed by atoms with Gasteiger partial charge >= 0.3 is 0 Å². The number of amides is 1. The van der Waals surface area contributed by atoms with E-state index < -0.39 is 17.5 Å². The first-order chi connectivity index (χ1) is 13.9. The van der Waals surface area contributed by atoms with Gasteiger partial charge in [-0.1, -0.05) is 49.9 Å². The summed E-state index contributed by atoms with van der Waals surface area (Å²) in [6, 6.07) is 11.2. The Balaban J connectivity index is 1.69. The van der Waals surface area contributed by atoms with Crippen molar-refractivity contribution in [2.24, 2.45) is 0 Å². The van der Waals surface area contributed by atoms with E-state index in [1.165, 1.54) is 23.4 Å². The second kappa shape index (κ2) is 9.17. The summed E-state index contributed by atoms with van der Waals surface area (Å²) in [6.45, 7) is 6.90. The van der Waals surface area contributed by atoms with Gasteiger partial charge in [0.25, 0.3) is 0 Å². The van der Waals surface area contributed by atoms with Crippen molar-refractivity contribution < 1.29 is 13.6 Å². The van der Waals surface area contributed by atoms with E-state index in [0.717, 1.165) is 23.5 Å². The first kappa shape index (κ1) is 21.0. The average Bonchev–Trinajstić information content (AvgIpc) is 3.11. The van der Waals surface area contributed by atoms with Crippen LogP contribution in [-0.4, -0.2) is 26.4 Å². The zero-order valence-electron chi connectivity index (χ0n) is 16.4. The summed E-state index contributed by atoms with van der Waals surface area (Å²) in [6.07, 6.45) is 0. The molecule has 0 bridgehead atoms. The molecular formula is C21H22F2N4OS. The standard InChI is InChI=1S/C21H22F2N4OS/c1-4-27-20(15-7-5-14(6-8-15)13(2)3)25-26-21(27)29-12-19(28)24-18-10-9-16(22)11-17(18)23/h5-11,13H,4,12H2,1-3H3,(H,24,28). The molecule has 0 fully saturated rings. The third-order valence-electron chi connectivity index (χ3n) is 4.41. The molecule has 0 unspecified atom stereocenters. The molecule has 29 heavy (non-hydrogen) atoms. The molecule has 1 amide bonds. The SMILES string of the molecule is CCn1c(SCC(=O)Nc2ccc(F)cc2F)nnc1-c1ccc(C(C)C)cc1.